The van der Waals surface area contributed by atoms with Gasteiger partial charge >= 0.3 is 0 Å². The van der Waals surface area contributed by atoms with Crippen molar-refractivity contribution in [3.05, 3.63) is 42.0 Å². The molecule has 2 aromatic rings. The molecule has 5 heteroatoms. The molecule has 2 aliphatic rings. The van der Waals surface area contributed by atoms with Crippen LogP contribution in [0.1, 0.15) is 51.0 Å². The lowest BCUT2D eigenvalue weighted by atomic mass is 9.85. The van der Waals surface area contributed by atoms with E-state index in [0.717, 1.165) is 18.9 Å². The molecule has 1 heterocycles. The summed E-state index contributed by atoms with van der Waals surface area (Å²) in [6.45, 7) is 5.64. The summed E-state index contributed by atoms with van der Waals surface area (Å²) in [5.74, 6) is 1.33. The van der Waals surface area contributed by atoms with Gasteiger partial charge in [0.25, 0.3) is 0 Å². The van der Waals surface area contributed by atoms with Gasteiger partial charge < -0.3 is 14.2 Å². The molecule has 1 saturated carbocycles. The minimum absolute atomic E-state index is 0.409. The van der Waals surface area contributed by atoms with Gasteiger partial charge in [0, 0.05) is 37.9 Å². The van der Waals surface area contributed by atoms with E-state index in [1.165, 1.54) is 67.1 Å². The lowest BCUT2D eigenvalue weighted by Crippen LogP contribution is -2.46. The van der Waals surface area contributed by atoms with Crippen LogP contribution in [0.5, 0.6) is 5.75 Å². The maximum atomic E-state index is 5.87. The number of likely N-dealkylation sites (tertiary alicyclic amines) is 1. The smallest absolute Gasteiger partial charge is 0.137 e. The first-order valence-electron chi connectivity index (χ1n) is 12.2. The van der Waals surface area contributed by atoms with Crippen molar-refractivity contribution in [2.45, 2.75) is 57.6 Å². The van der Waals surface area contributed by atoms with E-state index in [0.29, 0.717) is 24.8 Å². The van der Waals surface area contributed by atoms with Crippen LogP contribution in [0.15, 0.2) is 41.4 Å². The largest absolute Gasteiger partial charge is 0.497 e. The van der Waals surface area contributed by atoms with Gasteiger partial charge in [-0.1, -0.05) is 18.2 Å². The molecule has 174 valence electrons. The van der Waals surface area contributed by atoms with Gasteiger partial charge in [-0.2, -0.15) is 0 Å². The molecule has 1 aliphatic carbocycles. The Bertz CT molecular complexity index is 905. The topological polar surface area (TPSA) is 43.3 Å². The SMILES string of the molecule is CCOC1CCC(N2CCCC(/C(=N\COC)c3ccc4cc(OC)ccc4c3)C2)CC1. The maximum absolute atomic E-state index is 5.87. The number of rotatable bonds is 8. The molecule has 2 aromatic carbocycles. The van der Waals surface area contributed by atoms with Crippen molar-refractivity contribution >= 4 is 16.5 Å². The first-order chi connectivity index (χ1) is 15.7. The van der Waals surface area contributed by atoms with Gasteiger partial charge in [-0.15, -0.1) is 0 Å². The Morgan fingerprint density at radius 1 is 1.00 bits per heavy atom. The first-order valence-corrected chi connectivity index (χ1v) is 12.2. The Hall–Kier alpha value is -1.95. The normalized spacial score (nSPS) is 25.2. The van der Waals surface area contributed by atoms with Crippen LogP contribution in [0.4, 0.5) is 0 Å². The Kier molecular flexibility index (Phi) is 8.17. The average molecular weight is 439 g/mol. The van der Waals surface area contributed by atoms with Crippen LogP contribution in [0.25, 0.3) is 10.8 Å². The fourth-order valence-electron chi connectivity index (χ4n) is 5.47. The van der Waals surface area contributed by atoms with Gasteiger partial charge in [0.15, 0.2) is 0 Å². The summed E-state index contributed by atoms with van der Waals surface area (Å²) in [4.78, 5) is 7.64. The monoisotopic (exact) mass is 438 g/mol. The number of ether oxygens (including phenoxy) is 3. The molecule has 0 radical (unpaired) electrons. The second-order valence-electron chi connectivity index (χ2n) is 9.11. The van der Waals surface area contributed by atoms with Gasteiger partial charge in [0.05, 0.1) is 13.2 Å². The van der Waals surface area contributed by atoms with E-state index < -0.39 is 0 Å². The Morgan fingerprint density at radius 3 is 2.53 bits per heavy atom. The number of hydrogen-bond donors (Lipinski definition) is 0. The van der Waals surface area contributed by atoms with Crippen molar-refractivity contribution in [2.24, 2.45) is 10.9 Å². The third-order valence-corrected chi connectivity index (χ3v) is 7.11. The summed E-state index contributed by atoms with van der Waals surface area (Å²) in [5, 5.41) is 2.41. The number of benzene rings is 2. The zero-order chi connectivity index (χ0) is 22.3. The highest BCUT2D eigenvalue weighted by Gasteiger charge is 2.31. The summed E-state index contributed by atoms with van der Waals surface area (Å²) in [6.07, 6.45) is 7.77. The summed E-state index contributed by atoms with van der Waals surface area (Å²) < 4.78 is 16.6. The molecule has 32 heavy (non-hydrogen) atoms. The number of methoxy groups -OCH3 is 2. The highest BCUT2D eigenvalue weighted by atomic mass is 16.5. The fourth-order valence-corrected chi connectivity index (χ4v) is 5.47. The first kappa shape index (κ1) is 23.2. The van der Waals surface area contributed by atoms with E-state index in [2.05, 4.69) is 42.2 Å². The molecule has 0 N–H and O–H groups in total. The third-order valence-electron chi connectivity index (χ3n) is 7.11. The fraction of sp³-hybridized carbons (Fsp3) is 0.593. The minimum atomic E-state index is 0.409. The van der Waals surface area contributed by atoms with Crippen molar-refractivity contribution < 1.29 is 14.2 Å². The molecule has 2 fully saturated rings. The number of fused-ring (bicyclic) bond motifs is 1. The van der Waals surface area contributed by atoms with Crippen molar-refractivity contribution in [1.82, 2.24) is 4.90 Å². The van der Waals surface area contributed by atoms with Crippen molar-refractivity contribution in [3.8, 4) is 5.75 Å². The molecule has 1 unspecified atom stereocenters. The molecule has 5 nitrogen and oxygen atoms in total. The van der Waals surface area contributed by atoms with Crippen molar-refractivity contribution in [1.29, 1.82) is 0 Å². The molecule has 4 rings (SSSR count). The van der Waals surface area contributed by atoms with Gasteiger partial charge in [0.2, 0.25) is 0 Å². The molecule has 0 aromatic heterocycles. The van der Waals surface area contributed by atoms with Gasteiger partial charge in [-0.3, -0.25) is 9.89 Å². The highest BCUT2D eigenvalue weighted by molar-refractivity contribution is 6.05. The Morgan fingerprint density at radius 2 is 1.78 bits per heavy atom. The number of nitrogens with zero attached hydrogens (tertiary/aromatic N) is 2. The standard InChI is InChI=1S/C27H38N2O3/c1-4-32-25-13-10-24(11-14-25)29-15-5-6-23(18-29)27(28-19-30-2)22-8-7-21-17-26(31-3)12-9-20(21)16-22/h7-9,12,16-17,23-25H,4-6,10-11,13-15,18-19H2,1-3H3/b28-27-. The quantitative estimate of drug-likeness (QED) is 0.525. The van der Waals surface area contributed by atoms with Crippen LogP contribution in [-0.4, -0.2) is 63.4 Å². The molecule has 1 atom stereocenters. The highest BCUT2D eigenvalue weighted by Crippen LogP contribution is 2.31. The van der Waals surface area contributed by atoms with Crippen molar-refractivity contribution in [2.75, 3.05) is 40.6 Å². The minimum Gasteiger partial charge on any atom is -0.497 e. The molecule has 1 aliphatic heterocycles. The zero-order valence-electron chi connectivity index (χ0n) is 19.9. The zero-order valence-corrected chi connectivity index (χ0v) is 19.9. The van der Waals surface area contributed by atoms with Gasteiger partial charge in [-0.05, 0) is 86.5 Å². The second-order valence-corrected chi connectivity index (χ2v) is 9.11. The average Bonchev–Trinajstić information content (AvgIpc) is 2.85. The third kappa shape index (κ3) is 5.51. The second kappa shape index (κ2) is 11.3. The van der Waals surface area contributed by atoms with E-state index in [9.17, 15) is 0 Å². The van der Waals surface area contributed by atoms with Crippen molar-refractivity contribution in [3.63, 3.8) is 0 Å². The van der Waals surface area contributed by atoms with Crippen LogP contribution in [0.2, 0.25) is 0 Å². The van der Waals surface area contributed by atoms with Crippen LogP contribution < -0.4 is 4.74 Å². The van der Waals surface area contributed by atoms with E-state index in [1.807, 2.05) is 6.07 Å². The lowest BCUT2D eigenvalue weighted by molar-refractivity contribution is 0.00846. The molecule has 0 spiro atoms. The maximum Gasteiger partial charge on any atom is 0.137 e. The van der Waals surface area contributed by atoms with Gasteiger partial charge in [-0.25, -0.2) is 0 Å². The van der Waals surface area contributed by atoms with Crippen LogP contribution in [0.3, 0.4) is 0 Å². The van der Waals surface area contributed by atoms with E-state index in [1.54, 1.807) is 14.2 Å². The van der Waals surface area contributed by atoms with Crippen LogP contribution in [-0.2, 0) is 9.47 Å². The summed E-state index contributed by atoms with van der Waals surface area (Å²) in [7, 11) is 3.43. The summed E-state index contributed by atoms with van der Waals surface area (Å²) in [5.41, 5.74) is 2.41. The number of hydrogen-bond acceptors (Lipinski definition) is 5. The Labute approximate surface area is 192 Å². The van der Waals surface area contributed by atoms with E-state index >= 15 is 0 Å². The molecular formula is C27H38N2O3. The predicted molar refractivity (Wildman–Crippen MR) is 131 cm³/mol. The molecule has 0 amide bonds. The van der Waals surface area contributed by atoms with Gasteiger partial charge in [0.1, 0.15) is 12.5 Å². The molecule has 1 saturated heterocycles. The predicted octanol–water partition coefficient (Wildman–Crippen LogP) is 5.30. The summed E-state index contributed by atoms with van der Waals surface area (Å²) >= 11 is 0. The van der Waals surface area contributed by atoms with E-state index in [4.69, 9.17) is 19.2 Å². The molecular weight excluding hydrogens is 400 g/mol. The number of aliphatic imine (C=N–C) groups is 1. The van der Waals surface area contributed by atoms with Crippen LogP contribution in [0, 0.1) is 5.92 Å². The van der Waals surface area contributed by atoms with Crippen LogP contribution >= 0.6 is 0 Å². The summed E-state index contributed by atoms with van der Waals surface area (Å²) in [6, 6.07) is 13.6. The lowest BCUT2D eigenvalue weighted by Gasteiger charge is -2.41. The molecule has 0 bridgehead atoms. The Balaban J connectivity index is 1.51. The van der Waals surface area contributed by atoms with E-state index in [-0.39, 0.29) is 0 Å². The number of piperidine rings is 1.